The first kappa shape index (κ1) is 19.6. The van der Waals surface area contributed by atoms with E-state index in [0.29, 0.717) is 24.0 Å². The Morgan fingerprint density at radius 3 is 2.48 bits per heavy atom. The minimum Gasteiger partial charge on any atom is -0.492 e. The predicted molar refractivity (Wildman–Crippen MR) is 109 cm³/mol. The molecule has 142 valence electrons. The fourth-order valence-electron chi connectivity index (χ4n) is 2.60. The number of hydrogen-bond acceptors (Lipinski definition) is 5. The summed E-state index contributed by atoms with van der Waals surface area (Å²) in [6.45, 7) is 5.04. The van der Waals surface area contributed by atoms with Gasteiger partial charge in [-0.25, -0.2) is 0 Å². The van der Waals surface area contributed by atoms with Gasteiger partial charge in [0.15, 0.2) is 11.0 Å². The van der Waals surface area contributed by atoms with Crippen LogP contribution in [-0.4, -0.2) is 27.1 Å². The van der Waals surface area contributed by atoms with Crippen LogP contribution in [0, 0.1) is 13.8 Å². The SMILES string of the molecule is Cc1cccc(C)c1OCCSc1nnc(COc2ccccc2Cl)n1C. The molecule has 0 saturated carbocycles. The first-order chi connectivity index (χ1) is 13.1. The van der Waals surface area contributed by atoms with Crippen molar-refractivity contribution in [3.05, 3.63) is 64.4 Å². The van der Waals surface area contributed by atoms with Crippen LogP contribution in [0.2, 0.25) is 5.02 Å². The van der Waals surface area contributed by atoms with Crippen molar-refractivity contribution >= 4 is 23.4 Å². The van der Waals surface area contributed by atoms with Crippen LogP contribution >= 0.6 is 23.4 Å². The zero-order chi connectivity index (χ0) is 19.2. The molecule has 0 bridgehead atoms. The van der Waals surface area contributed by atoms with E-state index in [1.54, 1.807) is 17.8 Å². The molecule has 0 aliphatic heterocycles. The van der Waals surface area contributed by atoms with Gasteiger partial charge in [0.2, 0.25) is 0 Å². The van der Waals surface area contributed by atoms with Gasteiger partial charge in [-0.15, -0.1) is 10.2 Å². The van der Waals surface area contributed by atoms with Crippen molar-refractivity contribution in [1.29, 1.82) is 0 Å². The number of nitrogens with zero attached hydrogens (tertiary/aromatic N) is 3. The van der Waals surface area contributed by atoms with Crippen molar-refractivity contribution in [1.82, 2.24) is 14.8 Å². The smallest absolute Gasteiger partial charge is 0.191 e. The Hall–Kier alpha value is -2.18. The molecular formula is C20H22ClN3O2S. The zero-order valence-electron chi connectivity index (χ0n) is 15.6. The van der Waals surface area contributed by atoms with Crippen LogP contribution in [0.5, 0.6) is 11.5 Å². The molecule has 0 amide bonds. The van der Waals surface area contributed by atoms with Crippen LogP contribution in [0.4, 0.5) is 0 Å². The van der Waals surface area contributed by atoms with Gasteiger partial charge in [-0.05, 0) is 37.1 Å². The number of ether oxygens (including phenoxy) is 2. The minimum absolute atomic E-state index is 0.312. The fraction of sp³-hybridized carbons (Fsp3) is 0.300. The van der Waals surface area contributed by atoms with E-state index < -0.39 is 0 Å². The van der Waals surface area contributed by atoms with E-state index in [2.05, 4.69) is 36.2 Å². The van der Waals surface area contributed by atoms with Gasteiger partial charge in [-0.1, -0.05) is 53.7 Å². The summed E-state index contributed by atoms with van der Waals surface area (Å²) in [5.74, 6) is 3.13. The van der Waals surface area contributed by atoms with E-state index >= 15 is 0 Å². The summed E-state index contributed by atoms with van der Waals surface area (Å²) >= 11 is 7.71. The summed E-state index contributed by atoms with van der Waals surface area (Å²) in [6, 6.07) is 13.5. The van der Waals surface area contributed by atoms with E-state index in [9.17, 15) is 0 Å². The Morgan fingerprint density at radius 2 is 1.74 bits per heavy atom. The number of para-hydroxylation sites is 2. The highest BCUT2D eigenvalue weighted by atomic mass is 35.5. The zero-order valence-corrected chi connectivity index (χ0v) is 17.2. The van der Waals surface area contributed by atoms with Gasteiger partial charge in [-0.3, -0.25) is 0 Å². The first-order valence-electron chi connectivity index (χ1n) is 8.63. The lowest BCUT2D eigenvalue weighted by molar-refractivity contribution is 0.290. The molecule has 2 aromatic carbocycles. The third kappa shape index (κ3) is 4.96. The summed E-state index contributed by atoms with van der Waals surface area (Å²) in [7, 11) is 1.93. The average Bonchev–Trinajstić information content (AvgIpc) is 3.00. The Morgan fingerprint density at radius 1 is 1.00 bits per heavy atom. The summed E-state index contributed by atoms with van der Waals surface area (Å²) < 4.78 is 13.6. The lowest BCUT2D eigenvalue weighted by Crippen LogP contribution is -2.06. The summed E-state index contributed by atoms with van der Waals surface area (Å²) in [4.78, 5) is 0. The molecule has 0 fully saturated rings. The van der Waals surface area contributed by atoms with E-state index in [1.807, 2.05) is 35.9 Å². The maximum atomic E-state index is 6.11. The monoisotopic (exact) mass is 403 g/mol. The maximum absolute atomic E-state index is 6.11. The van der Waals surface area contributed by atoms with Gasteiger partial charge in [0.1, 0.15) is 18.1 Å². The van der Waals surface area contributed by atoms with Crippen LogP contribution in [-0.2, 0) is 13.7 Å². The van der Waals surface area contributed by atoms with Crippen molar-refractivity contribution in [2.75, 3.05) is 12.4 Å². The number of hydrogen-bond donors (Lipinski definition) is 0. The number of thioether (sulfide) groups is 1. The fourth-order valence-corrected chi connectivity index (χ4v) is 3.54. The second-order valence-corrected chi connectivity index (χ2v) is 7.56. The van der Waals surface area contributed by atoms with Gasteiger partial charge in [0.25, 0.3) is 0 Å². The highest BCUT2D eigenvalue weighted by molar-refractivity contribution is 7.99. The molecule has 0 saturated heterocycles. The van der Waals surface area contributed by atoms with Crippen LogP contribution in [0.3, 0.4) is 0 Å². The van der Waals surface area contributed by atoms with Crippen molar-refractivity contribution in [2.24, 2.45) is 7.05 Å². The second kappa shape index (κ2) is 9.15. The average molecular weight is 404 g/mol. The van der Waals surface area contributed by atoms with E-state index in [1.165, 1.54) is 0 Å². The summed E-state index contributed by atoms with van der Waals surface area (Å²) in [5, 5.41) is 9.86. The first-order valence-corrected chi connectivity index (χ1v) is 10.00. The minimum atomic E-state index is 0.312. The molecule has 0 N–H and O–H groups in total. The highest BCUT2D eigenvalue weighted by Gasteiger charge is 2.11. The molecule has 27 heavy (non-hydrogen) atoms. The Labute approximate surface area is 168 Å². The molecule has 0 atom stereocenters. The number of rotatable bonds is 8. The number of benzene rings is 2. The third-order valence-electron chi connectivity index (χ3n) is 4.09. The molecule has 0 aliphatic rings. The molecule has 0 spiro atoms. The van der Waals surface area contributed by atoms with Gasteiger partial charge in [0.05, 0.1) is 11.6 Å². The maximum Gasteiger partial charge on any atom is 0.191 e. The summed E-state index contributed by atoms with van der Waals surface area (Å²) in [5.41, 5.74) is 2.30. The topological polar surface area (TPSA) is 49.2 Å². The predicted octanol–water partition coefficient (Wildman–Crippen LogP) is 4.84. The van der Waals surface area contributed by atoms with E-state index in [-0.39, 0.29) is 0 Å². The van der Waals surface area contributed by atoms with Crippen molar-refractivity contribution in [3.8, 4) is 11.5 Å². The second-order valence-electron chi connectivity index (χ2n) is 6.09. The lowest BCUT2D eigenvalue weighted by atomic mass is 10.1. The lowest BCUT2D eigenvalue weighted by Gasteiger charge is -2.11. The van der Waals surface area contributed by atoms with Gasteiger partial charge < -0.3 is 14.0 Å². The van der Waals surface area contributed by atoms with Crippen LogP contribution in [0.15, 0.2) is 47.6 Å². The Balaban J connectivity index is 1.51. The Bertz CT molecular complexity index is 894. The quantitative estimate of drug-likeness (QED) is 0.398. The van der Waals surface area contributed by atoms with Gasteiger partial charge >= 0.3 is 0 Å². The van der Waals surface area contributed by atoms with Crippen LogP contribution in [0.1, 0.15) is 17.0 Å². The number of aromatic nitrogens is 3. The molecular weight excluding hydrogens is 382 g/mol. The molecule has 3 rings (SSSR count). The molecule has 1 aromatic heterocycles. The van der Waals surface area contributed by atoms with Gasteiger partial charge in [0, 0.05) is 12.8 Å². The molecule has 7 heteroatoms. The number of aryl methyl sites for hydroxylation is 2. The van der Waals surface area contributed by atoms with Crippen LogP contribution < -0.4 is 9.47 Å². The number of halogens is 1. The normalized spacial score (nSPS) is 10.8. The van der Waals surface area contributed by atoms with E-state index in [0.717, 1.165) is 33.6 Å². The van der Waals surface area contributed by atoms with Gasteiger partial charge in [-0.2, -0.15) is 0 Å². The molecule has 0 radical (unpaired) electrons. The van der Waals surface area contributed by atoms with E-state index in [4.69, 9.17) is 21.1 Å². The summed E-state index contributed by atoms with van der Waals surface area (Å²) in [6.07, 6.45) is 0. The largest absolute Gasteiger partial charge is 0.492 e. The van der Waals surface area contributed by atoms with Crippen molar-refractivity contribution in [2.45, 2.75) is 25.6 Å². The standard InChI is InChI=1S/C20H22ClN3O2S/c1-14-7-6-8-15(2)19(14)25-11-12-27-20-23-22-18(24(20)3)13-26-17-10-5-4-9-16(17)21/h4-10H,11-13H2,1-3H3. The molecule has 0 aliphatic carbocycles. The molecule has 3 aromatic rings. The third-order valence-corrected chi connectivity index (χ3v) is 5.38. The van der Waals surface area contributed by atoms with Crippen molar-refractivity contribution < 1.29 is 9.47 Å². The molecule has 1 heterocycles. The van der Waals surface area contributed by atoms with Crippen LogP contribution in [0.25, 0.3) is 0 Å². The Kier molecular flexibility index (Phi) is 6.63. The van der Waals surface area contributed by atoms with Crippen molar-refractivity contribution in [3.63, 3.8) is 0 Å². The molecule has 0 unspecified atom stereocenters. The molecule has 5 nitrogen and oxygen atoms in total. The highest BCUT2D eigenvalue weighted by Crippen LogP contribution is 2.25.